The average Bonchev–Trinajstić information content (AvgIpc) is 2.16. The first kappa shape index (κ1) is 11.5. The van der Waals surface area contributed by atoms with Gasteiger partial charge in [0.25, 0.3) is 0 Å². The zero-order valence-electron chi connectivity index (χ0n) is 7.93. The van der Waals surface area contributed by atoms with E-state index in [-0.39, 0.29) is 5.82 Å². The van der Waals surface area contributed by atoms with Crippen molar-refractivity contribution in [1.29, 1.82) is 0 Å². The Morgan fingerprint density at radius 3 is 2.86 bits per heavy atom. The van der Waals surface area contributed by atoms with Gasteiger partial charge < -0.3 is 10.4 Å². The lowest BCUT2D eigenvalue weighted by Crippen LogP contribution is -2.18. The normalized spacial score (nSPS) is 12.6. The summed E-state index contributed by atoms with van der Waals surface area (Å²) in [5, 5.41) is 12.1. The molecule has 0 fully saturated rings. The van der Waals surface area contributed by atoms with E-state index in [1.165, 1.54) is 6.07 Å². The fourth-order valence-electron chi connectivity index (χ4n) is 1.00. The van der Waals surface area contributed by atoms with Crippen LogP contribution in [0.15, 0.2) is 22.7 Å². The standard InChI is InChI=1S/C10H13BrFNO/c1-2-8(14)6-13-10-4-3-7(11)5-9(10)12/h3-5,8,13-14H,2,6H2,1H3/t8-/m0/s1. The molecule has 0 radical (unpaired) electrons. The summed E-state index contributed by atoms with van der Waals surface area (Å²) in [5.74, 6) is -0.317. The zero-order chi connectivity index (χ0) is 10.6. The minimum atomic E-state index is -0.432. The molecule has 78 valence electrons. The topological polar surface area (TPSA) is 32.3 Å². The molecule has 0 aliphatic rings. The van der Waals surface area contributed by atoms with E-state index in [9.17, 15) is 9.50 Å². The molecule has 14 heavy (non-hydrogen) atoms. The molecule has 0 aromatic heterocycles. The molecule has 4 heteroatoms. The maximum atomic E-state index is 13.2. The van der Waals surface area contributed by atoms with E-state index in [4.69, 9.17) is 0 Å². The van der Waals surface area contributed by atoms with Crippen molar-refractivity contribution in [3.05, 3.63) is 28.5 Å². The number of aliphatic hydroxyl groups is 1. The summed E-state index contributed by atoms with van der Waals surface area (Å²) < 4.78 is 13.9. The van der Waals surface area contributed by atoms with Gasteiger partial charge >= 0.3 is 0 Å². The van der Waals surface area contributed by atoms with Crippen molar-refractivity contribution in [2.24, 2.45) is 0 Å². The molecule has 0 heterocycles. The molecule has 2 N–H and O–H groups in total. The van der Waals surface area contributed by atoms with Gasteiger partial charge in [-0.25, -0.2) is 4.39 Å². The minimum absolute atomic E-state index is 0.317. The smallest absolute Gasteiger partial charge is 0.147 e. The highest BCUT2D eigenvalue weighted by Crippen LogP contribution is 2.19. The van der Waals surface area contributed by atoms with Crippen LogP contribution < -0.4 is 5.32 Å². The first-order valence-corrected chi connectivity index (χ1v) is 5.29. The fraction of sp³-hybridized carbons (Fsp3) is 0.400. The molecule has 0 aliphatic heterocycles. The second-order valence-electron chi connectivity index (χ2n) is 3.07. The summed E-state index contributed by atoms with van der Waals surface area (Å²) in [7, 11) is 0. The Balaban J connectivity index is 2.59. The van der Waals surface area contributed by atoms with Gasteiger partial charge in [-0.05, 0) is 24.6 Å². The van der Waals surface area contributed by atoms with Crippen molar-refractivity contribution in [3.8, 4) is 0 Å². The van der Waals surface area contributed by atoms with Gasteiger partial charge in [-0.1, -0.05) is 22.9 Å². The predicted molar refractivity (Wildman–Crippen MR) is 58.9 cm³/mol. The highest BCUT2D eigenvalue weighted by molar-refractivity contribution is 9.10. The number of benzene rings is 1. The largest absolute Gasteiger partial charge is 0.391 e. The lowest BCUT2D eigenvalue weighted by Gasteiger charge is -2.11. The Bertz CT molecular complexity index is 306. The van der Waals surface area contributed by atoms with Crippen molar-refractivity contribution in [1.82, 2.24) is 0 Å². The van der Waals surface area contributed by atoms with Crippen LogP contribution in [0.25, 0.3) is 0 Å². The minimum Gasteiger partial charge on any atom is -0.391 e. The van der Waals surface area contributed by atoms with Gasteiger partial charge in [0.05, 0.1) is 11.8 Å². The molecule has 0 aliphatic carbocycles. The summed E-state index contributed by atoms with van der Waals surface area (Å²) >= 11 is 3.17. The number of hydrogen-bond donors (Lipinski definition) is 2. The molecule has 0 saturated heterocycles. The predicted octanol–water partition coefficient (Wildman–Crippen LogP) is 2.77. The Hall–Kier alpha value is -0.610. The molecule has 0 saturated carbocycles. The van der Waals surface area contributed by atoms with Gasteiger partial charge in [0.1, 0.15) is 5.82 Å². The molecule has 0 amide bonds. The number of nitrogens with one attached hydrogen (secondary N) is 1. The third-order valence-corrected chi connectivity index (χ3v) is 2.42. The van der Waals surface area contributed by atoms with Crippen LogP contribution >= 0.6 is 15.9 Å². The van der Waals surface area contributed by atoms with Crippen LogP contribution in [0.2, 0.25) is 0 Å². The Morgan fingerprint density at radius 2 is 2.29 bits per heavy atom. The Labute approximate surface area is 91.3 Å². The number of anilines is 1. The van der Waals surface area contributed by atoms with Crippen LogP contribution in [0.5, 0.6) is 0 Å². The lowest BCUT2D eigenvalue weighted by atomic mass is 10.2. The van der Waals surface area contributed by atoms with Gasteiger partial charge in [0, 0.05) is 11.0 Å². The Morgan fingerprint density at radius 1 is 1.57 bits per heavy atom. The molecule has 0 spiro atoms. The summed E-state index contributed by atoms with van der Waals surface area (Å²) in [6, 6.07) is 4.78. The number of hydrogen-bond acceptors (Lipinski definition) is 2. The first-order chi connectivity index (χ1) is 6.63. The molecule has 0 unspecified atom stereocenters. The van der Waals surface area contributed by atoms with Crippen molar-refractivity contribution in [3.63, 3.8) is 0 Å². The molecule has 1 atom stereocenters. The van der Waals surface area contributed by atoms with E-state index in [0.717, 1.165) is 0 Å². The second-order valence-corrected chi connectivity index (χ2v) is 3.98. The molecule has 1 rings (SSSR count). The zero-order valence-corrected chi connectivity index (χ0v) is 9.51. The molecule has 0 bridgehead atoms. The summed E-state index contributed by atoms with van der Waals surface area (Å²) in [5.41, 5.74) is 0.417. The second kappa shape index (κ2) is 5.32. The summed E-state index contributed by atoms with van der Waals surface area (Å²) in [6.07, 6.45) is 0.226. The summed E-state index contributed by atoms with van der Waals surface area (Å²) in [6.45, 7) is 2.25. The van der Waals surface area contributed by atoms with Gasteiger partial charge in [0.15, 0.2) is 0 Å². The number of halogens is 2. The summed E-state index contributed by atoms with van der Waals surface area (Å²) in [4.78, 5) is 0. The molecule has 2 nitrogen and oxygen atoms in total. The number of rotatable bonds is 4. The van der Waals surface area contributed by atoms with Crippen LogP contribution in [0, 0.1) is 5.82 Å². The van der Waals surface area contributed by atoms with Crippen LogP contribution in [-0.2, 0) is 0 Å². The molecule has 1 aromatic carbocycles. The van der Waals surface area contributed by atoms with Crippen molar-refractivity contribution < 1.29 is 9.50 Å². The van der Waals surface area contributed by atoms with E-state index in [1.807, 2.05) is 6.92 Å². The van der Waals surface area contributed by atoms with Gasteiger partial charge in [-0.15, -0.1) is 0 Å². The monoisotopic (exact) mass is 261 g/mol. The van der Waals surface area contributed by atoms with E-state index < -0.39 is 6.10 Å². The van der Waals surface area contributed by atoms with Gasteiger partial charge in [0.2, 0.25) is 0 Å². The van der Waals surface area contributed by atoms with Crippen molar-refractivity contribution in [2.45, 2.75) is 19.4 Å². The fourth-order valence-corrected chi connectivity index (χ4v) is 1.34. The highest BCUT2D eigenvalue weighted by Gasteiger charge is 2.04. The molecular weight excluding hydrogens is 249 g/mol. The van der Waals surface area contributed by atoms with Crippen LogP contribution in [0.1, 0.15) is 13.3 Å². The van der Waals surface area contributed by atoms with Crippen LogP contribution in [-0.4, -0.2) is 17.8 Å². The quantitative estimate of drug-likeness (QED) is 0.874. The van der Waals surface area contributed by atoms with Gasteiger partial charge in [-0.2, -0.15) is 0 Å². The third-order valence-electron chi connectivity index (χ3n) is 1.93. The maximum absolute atomic E-state index is 13.2. The lowest BCUT2D eigenvalue weighted by molar-refractivity contribution is 0.183. The van der Waals surface area contributed by atoms with Crippen molar-refractivity contribution >= 4 is 21.6 Å². The van der Waals surface area contributed by atoms with Gasteiger partial charge in [-0.3, -0.25) is 0 Å². The van der Waals surface area contributed by atoms with Crippen LogP contribution in [0.4, 0.5) is 10.1 Å². The van der Waals surface area contributed by atoms with E-state index in [0.29, 0.717) is 23.1 Å². The van der Waals surface area contributed by atoms with E-state index in [2.05, 4.69) is 21.2 Å². The average molecular weight is 262 g/mol. The Kier molecular flexibility index (Phi) is 4.35. The molecule has 1 aromatic rings. The third kappa shape index (κ3) is 3.27. The van der Waals surface area contributed by atoms with Crippen LogP contribution in [0.3, 0.4) is 0 Å². The van der Waals surface area contributed by atoms with Crippen molar-refractivity contribution in [2.75, 3.05) is 11.9 Å². The molecular formula is C10H13BrFNO. The SMILES string of the molecule is CC[C@H](O)CNc1ccc(Br)cc1F. The van der Waals surface area contributed by atoms with E-state index >= 15 is 0 Å². The number of aliphatic hydroxyl groups excluding tert-OH is 1. The first-order valence-electron chi connectivity index (χ1n) is 4.50. The maximum Gasteiger partial charge on any atom is 0.147 e. The van der Waals surface area contributed by atoms with E-state index in [1.54, 1.807) is 12.1 Å². The highest BCUT2D eigenvalue weighted by atomic mass is 79.9.